The normalized spacial score (nSPS) is 12.3. The van der Waals surface area contributed by atoms with E-state index in [0.29, 0.717) is 22.5 Å². The number of pyridine rings is 1. The molecular formula is C15H13FN4O. The lowest BCUT2D eigenvalue weighted by atomic mass is 9.99. The van der Waals surface area contributed by atoms with Gasteiger partial charge in [0.2, 0.25) is 0 Å². The fraction of sp³-hybridized carbons (Fsp3) is 0.0667. The minimum absolute atomic E-state index is 0.322. The molecule has 4 N–H and O–H groups in total. The van der Waals surface area contributed by atoms with Crippen LogP contribution in [-0.4, -0.2) is 20.3 Å². The maximum Gasteiger partial charge on any atom is 0.123 e. The number of aliphatic hydroxyl groups excluding tert-OH is 1. The van der Waals surface area contributed by atoms with Crippen LogP contribution in [0.5, 0.6) is 0 Å². The predicted molar refractivity (Wildman–Crippen MR) is 76.7 cm³/mol. The van der Waals surface area contributed by atoms with Crippen LogP contribution in [0.25, 0.3) is 11.3 Å². The number of rotatable bonds is 3. The smallest absolute Gasteiger partial charge is 0.123 e. The van der Waals surface area contributed by atoms with Crippen LogP contribution in [0.15, 0.2) is 48.9 Å². The van der Waals surface area contributed by atoms with E-state index in [2.05, 4.69) is 15.2 Å². The van der Waals surface area contributed by atoms with E-state index >= 15 is 0 Å². The molecule has 3 rings (SSSR count). The third-order valence-electron chi connectivity index (χ3n) is 3.28. The third kappa shape index (κ3) is 2.48. The van der Waals surface area contributed by atoms with E-state index in [4.69, 9.17) is 5.73 Å². The van der Waals surface area contributed by atoms with Gasteiger partial charge in [-0.3, -0.25) is 10.1 Å². The van der Waals surface area contributed by atoms with Crippen molar-refractivity contribution < 1.29 is 9.50 Å². The first-order valence-electron chi connectivity index (χ1n) is 6.33. The SMILES string of the molecule is Nc1ccncc1C(O)c1cn[nH]c1-c1ccc(F)cc1. The molecule has 5 nitrogen and oxygen atoms in total. The number of nitrogens with one attached hydrogen (secondary N) is 1. The Hall–Kier alpha value is -2.73. The lowest BCUT2D eigenvalue weighted by molar-refractivity contribution is 0.221. The van der Waals surface area contributed by atoms with Gasteiger partial charge >= 0.3 is 0 Å². The Morgan fingerprint density at radius 1 is 1.10 bits per heavy atom. The second kappa shape index (κ2) is 5.34. The maximum absolute atomic E-state index is 13.0. The molecule has 106 valence electrons. The Morgan fingerprint density at radius 3 is 2.57 bits per heavy atom. The topological polar surface area (TPSA) is 87.8 Å². The number of aromatic nitrogens is 3. The molecule has 3 aromatic rings. The van der Waals surface area contributed by atoms with Crippen LogP contribution in [0.4, 0.5) is 10.1 Å². The molecule has 21 heavy (non-hydrogen) atoms. The number of nitrogens with two attached hydrogens (primary N) is 1. The van der Waals surface area contributed by atoms with Crippen molar-refractivity contribution in [1.82, 2.24) is 15.2 Å². The van der Waals surface area contributed by atoms with Crippen molar-refractivity contribution in [3.8, 4) is 11.3 Å². The number of aromatic amines is 1. The van der Waals surface area contributed by atoms with Crippen molar-refractivity contribution in [3.63, 3.8) is 0 Å². The van der Waals surface area contributed by atoms with Crippen LogP contribution in [0.2, 0.25) is 0 Å². The van der Waals surface area contributed by atoms with Gasteiger partial charge < -0.3 is 10.8 Å². The molecule has 0 saturated carbocycles. The van der Waals surface area contributed by atoms with E-state index in [9.17, 15) is 9.50 Å². The molecule has 2 heterocycles. The van der Waals surface area contributed by atoms with Crippen LogP contribution < -0.4 is 5.73 Å². The molecule has 0 bridgehead atoms. The van der Waals surface area contributed by atoms with Crippen molar-refractivity contribution in [3.05, 3.63) is 65.9 Å². The van der Waals surface area contributed by atoms with E-state index in [0.717, 1.165) is 5.56 Å². The van der Waals surface area contributed by atoms with Gasteiger partial charge in [-0.05, 0) is 30.3 Å². The molecule has 0 spiro atoms. The van der Waals surface area contributed by atoms with E-state index in [1.165, 1.54) is 24.5 Å². The Balaban J connectivity index is 2.03. The monoisotopic (exact) mass is 284 g/mol. The summed E-state index contributed by atoms with van der Waals surface area (Å²) in [5.74, 6) is -0.322. The van der Waals surface area contributed by atoms with Crippen LogP contribution in [-0.2, 0) is 0 Å². The highest BCUT2D eigenvalue weighted by atomic mass is 19.1. The van der Waals surface area contributed by atoms with Gasteiger partial charge in [-0.25, -0.2) is 4.39 Å². The quantitative estimate of drug-likeness (QED) is 0.688. The summed E-state index contributed by atoms with van der Waals surface area (Å²) in [5, 5.41) is 17.3. The number of anilines is 1. The zero-order valence-corrected chi connectivity index (χ0v) is 11.0. The third-order valence-corrected chi connectivity index (χ3v) is 3.28. The molecule has 0 aliphatic rings. The van der Waals surface area contributed by atoms with Crippen molar-refractivity contribution in [2.45, 2.75) is 6.10 Å². The summed E-state index contributed by atoms with van der Waals surface area (Å²) < 4.78 is 13.0. The predicted octanol–water partition coefficient (Wildman–Crippen LogP) is 2.27. The highest BCUT2D eigenvalue weighted by molar-refractivity contribution is 5.64. The Morgan fingerprint density at radius 2 is 1.86 bits per heavy atom. The van der Waals surface area contributed by atoms with Gasteiger partial charge in [-0.15, -0.1) is 0 Å². The molecule has 0 radical (unpaired) electrons. The van der Waals surface area contributed by atoms with Crippen molar-refractivity contribution in [2.75, 3.05) is 5.73 Å². The molecule has 1 aromatic carbocycles. The van der Waals surface area contributed by atoms with E-state index in [1.54, 1.807) is 24.4 Å². The summed E-state index contributed by atoms with van der Waals surface area (Å²) in [7, 11) is 0. The molecule has 1 unspecified atom stereocenters. The second-order valence-electron chi connectivity index (χ2n) is 4.61. The zero-order valence-electron chi connectivity index (χ0n) is 11.0. The molecule has 0 amide bonds. The summed E-state index contributed by atoms with van der Waals surface area (Å²) >= 11 is 0. The summed E-state index contributed by atoms with van der Waals surface area (Å²) in [6.07, 6.45) is 3.64. The Bertz CT molecular complexity index is 754. The maximum atomic E-state index is 13.0. The minimum atomic E-state index is -0.961. The van der Waals surface area contributed by atoms with Gasteiger partial charge in [0.15, 0.2) is 0 Å². The number of aliphatic hydroxyl groups is 1. The Labute approximate surface area is 120 Å². The summed E-state index contributed by atoms with van der Waals surface area (Å²) in [6.45, 7) is 0. The standard InChI is InChI=1S/C15H13FN4O/c16-10-3-1-9(2-4-10)14-12(8-19-20-14)15(21)11-7-18-6-5-13(11)17/h1-8,15,21H,(H2,17,18)(H,19,20). The number of nitrogens with zero attached hydrogens (tertiary/aromatic N) is 2. The average molecular weight is 284 g/mol. The molecule has 0 fully saturated rings. The molecule has 0 aliphatic carbocycles. The summed E-state index contributed by atoms with van der Waals surface area (Å²) in [6, 6.07) is 7.56. The first-order valence-corrected chi connectivity index (χ1v) is 6.33. The summed E-state index contributed by atoms with van der Waals surface area (Å²) in [5.41, 5.74) is 8.71. The van der Waals surface area contributed by atoms with Crippen molar-refractivity contribution in [2.24, 2.45) is 0 Å². The van der Waals surface area contributed by atoms with Gasteiger partial charge in [-0.2, -0.15) is 5.10 Å². The largest absolute Gasteiger partial charge is 0.398 e. The van der Waals surface area contributed by atoms with Gasteiger partial charge in [0.25, 0.3) is 0 Å². The van der Waals surface area contributed by atoms with Gasteiger partial charge in [-0.1, -0.05) is 0 Å². The highest BCUT2D eigenvalue weighted by Crippen LogP contribution is 2.32. The lowest BCUT2D eigenvalue weighted by Crippen LogP contribution is -2.04. The first-order chi connectivity index (χ1) is 10.2. The number of benzene rings is 1. The van der Waals surface area contributed by atoms with E-state index < -0.39 is 6.10 Å². The summed E-state index contributed by atoms with van der Waals surface area (Å²) in [4.78, 5) is 3.97. The molecule has 1 atom stereocenters. The second-order valence-corrected chi connectivity index (χ2v) is 4.61. The average Bonchev–Trinajstić information content (AvgIpc) is 2.97. The van der Waals surface area contributed by atoms with Crippen molar-refractivity contribution >= 4 is 5.69 Å². The first kappa shape index (κ1) is 13.3. The van der Waals surface area contributed by atoms with Crippen LogP contribution in [0.3, 0.4) is 0 Å². The molecule has 0 saturated heterocycles. The number of hydrogen-bond donors (Lipinski definition) is 3. The van der Waals surface area contributed by atoms with E-state index in [-0.39, 0.29) is 5.82 Å². The molecular weight excluding hydrogens is 271 g/mol. The highest BCUT2D eigenvalue weighted by Gasteiger charge is 2.19. The van der Waals surface area contributed by atoms with Gasteiger partial charge in [0.05, 0.1) is 11.9 Å². The molecule has 0 aliphatic heterocycles. The van der Waals surface area contributed by atoms with Gasteiger partial charge in [0, 0.05) is 34.8 Å². The van der Waals surface area contributed by atoms with Crippen molar-refractivity contribution in [1.29, 1.82) is 0 Å². The number of nitrogen functional groups attached to an aromatic ring is 1. The van der Waals surface area contributed by atoms with Crippen LogP contribution in [0, 0.1) is 5.82 Å². The Kier molecular flexibility index (Phi) is 3.37. The van der Waals surface area contributed by atoms with Crippen LogP contribution in [0.1, 0.15) is 17.2 Å². The number of H-pyrrole nitrogens is 1. The number of hydrogen-bond acceptors (Lipinski definition) is 4. The molecule has 6 heteroatoms. The van der Waals surface area contributed by atoms with Gasteiger partial charge in [0.1, 0.15) is 11.9 Å². The van der Waals surface area contributed by atoms with E-state index in [1.807, 2.05) is 0 Å². The molecule has 2 aromatic heterocycles. The minimum Gasteiger partial charge on any atom is -0.398 e. The fourth-order valence-electron chi connectivity index (χ4n) is 2.16. The fourth-order valence-corrected chi connectivity index (χ4v) is 2.16. The lowest BCUT2D eigenvalue weighted by Gasteiger charge is -2.13. The zero-order chi connectivity index (χ0) is 14.8. The number of halogens is 1. The van der Waals surface area contributed by atoms with Crippen LogP contribution >= 0.6 is 0 Å².